The average molecular weight is 274 g/mol. The van der Waals surface area contributed by atoms with E-state index in [9.17, 15) is 4.79 Å². The van der Waals surface area contributed by atoms with Crippen LogP contribution in [-0.2, 0) is 18.1 Å². The van der Waals surface area contributed by atoms with E-state index in [1.54, 1.807) is 6.92 Å². The first kappa shape index (κ1) is 17.5. The Hall–Kier alpha value is -0.493. The summed E-state index contributed by atoms with van der Waals surface area (Å²) in [6, 6.07) is 0. The van der Waals surface area contributed by atoms with Crippen molar-refractivity contribution < 1.29 is 18.1 Å². The Morgan fingerprint density at radius 2 is 1.44 bits per heavy atom. The Bertz CT molecular complexity index is 261. The molecule has 0 fully saturated rings. The summed E-state index contributed by atoms with van der Waals surface area (Å²) in [6.45, 7) is 14.5. The second-order valence-corrected chi connectivity index (χ2v) is 6.78. The van der Waals surface area contributed by atoms with Gasteiger partial charge in [-0.05, 0) is 39.7 Å². The number of allylic oxidation sites excluding steroid dienone is 1. The molecule has 1 atom stereocenters. The number of hydrogen-bond donors (Lipinski definition) is 0. The van der Waals surface area contributed by atoms with Gasteiger partial charge in [0, 0.05) is 19.8 Å². The molecule has 0 spiro atoms. The Morgan fingerprint density at radius 1 is 1.06 bits per heavy atom. The fourth-order valence-corrected chi connectivity index (χ4v) is 5.05. The summed E-state index contributed by atoms with van der Waals surface area (Å²) in [7, 11) is -2.96. The molecule has 5 heteroatoms. The summed E-state index contributed by atoms with van der Waals surface area (Å²) in [5, 5.41) is 0. The maximum absolute atomic E-state index is 12.2. The van der Waals surface area contributed by atoms with Crippen LogP contribution in [0.3, 0.4) is 0 Å². The van der Waals surface area contributed by atoms with Crippen LogP contribution in [0.25, 0.3) is 0 Å². The second kappa shape index (κ2) is 8.58. The van der Waals surface area contributed by atoms with Crippen molar-refractivity contribution in [3.8, 4) is 0 Å². The molecule has 106 valence electrons. The van der Waals surface area contributed by atoms with Gasteiger partial charge in [-0.1, -0.05) is 13.5 Å². The Balaban J connectivity index is 5.31. The highest BCUT2D eigenvalue weighted by Crippen LogP contribution is 2.31. The molecule has 0 aliphatic rings. The molecule has 0 heterocycles. The molecule has 0 saturated heterocycles. The predicted octanol–water partition coefficient (Wildman–Crippen LogP) is 2.96. The van der Waals surface area contributed by atoms with Gasteiger partial charge in [0.1, 0.15) is 0 Å². The molecular weight excluding hydrogens is 248 g/mol. The number of rotatable bonds is 10. The zero-order valence-corrected chi connectivity index (χ0v) is 13.2. The first-order chi connectivity index (χ1) is 8.48. The zero-order chi connectivity index (χ0) is 14.2. The monoisotopic (exact) mass is 274 g/mol. The van der Waals surface area contributed by atoms with Gasteiger partial charge < -0.3 is 13.3 Å². The van der Waals surface area contributed by atoms with Crippen LogP contribution < -0.4 is 0 Å². The molecule has 1 unspecified atom stereocenters. The van der Waals surface area contributed by atoms with Crippen molar-refractivity contribution in [2.24, 2.45) is 0 Å². The van der Waals surface area contributed by atoms with E-state index in [1.165, 1.54) is 0 Å². The van der Waals surface area contributed by atoms with Crippen molar-refractivity contribution in [3.63, 3.8) is 0 Å². The fourth-order valence-electron chi connectivity index (χ4n) is 1.92. The molecule has 0 rings (SSSR count). The van der Waals surface area contributed by atoms with E-state index in [4.69, 9.17) is 13.3 Å². The lowest BCUT2D eigenvalue weighted by Gasteiger charge is -2.34. The molecule has 0 N–H and O–H groups in total. The Morgan fingerprint density at radius 3 is 1.67 bits per heavy atom. The lowest BCUT2D eigenvalue weighted by molar-refractivity contribution is -0.117. The average Bonchev–Trinajstić information content (AvgIpc) is 2.30. The van der Waals surface area contributed by atoms with E-state index in [2.05, 4.69) is 6.58 Å². The molecule has 0 saturated carbocycles. The predicted molar refractivity (Wildman–Crippen MR) is 74.5 cm³/mol. The van der Waals surface area contributed by atoms with Gasteiger partial charge in [-0.25, -0.2) is 0 Å². The van der Waals surface area contributed by atoms with Crippen molar-refractivity contribution in [1.82, 2.24) is 0 Å². The lowest BCUT2D eigenvalue weighted by Crippen LogP contribution is -2.52. The molecule has 0 aliphatic carbocycles. The molecule has 0 aromatic carbocycles. The summed E-state index contributed by atoms with van der Waals surface area (Å²) < 4.78 is 17.3. The molecule has 0 aromatic heterocycles. The maximum atomic E-state index is 12.2. The minimum absolute atomic E-state index is 0.0143. The SMILES string of the molecule is C=C(C)C(=O)C(CC)[Si](OCC)(OCC)OCC. The highest BCUT2D eigenvalue weighted by molar-refractivity contribution is 6.67. The van der Waals surface area contributed by atoms with E-state index < -0.39 is 8.80 Å². The molecule has 4 nitrogen and oxygen atoms in total. The largest absolute Gasteiger partial charge is 0.512 e. The molecule has 0 amide bonds. The molecule has 0 aromatic rings. The number of carbonyl (C=O) groups excluding carboxylic acids is 1. The molecule has 0 radical (unpaired) electrons. The fraction of sp³-hybridized carbons (Fsp3) is 0.769. The summed E-state index contributed by atoms with van der Waals surface area (Å²) in [5.41, 5.74) is 0.174. The van der Waals surface area contributed by atoms with Gasteiger partial charge in [-0.15, -0.1) is 0 Å². The summed E-state index contributed by atoms with van der Waals surface area (Å²) in [4.78, 5) is 12.2. The van der Waals surface area contributed by atoms with Gasteiger partial charge >= 0.3 is 8.80 Å². The topological polar surface area (TPSA) is 44.8 Å². The van der Waals surface area contributed by atoms with Crippen LogP contribution in [0.1, 0.15) is 41.0 Å². The molecule has 0 bridgehead atoms. The molecule has 0 aliphatic heterocycles. The van der Waals surface area contributed by atoms with Crippen molar-refractivity contribution in [2.45, 2.75) is 46.6 Å². The normalized spacial score (nSPS) is 13.4. The standard InChI is InChI=1S/C13H26O4Si/c1-7-12(13(14)11(5)6)18(15-8-2,16-9-3)17-10-4/h12H,5,7-10H2,1-4,6H3. The van der Waals surface area contributed by atoms with Crippen molar-refractivity contribution >= 4 is 14.6 Å². The summed E-state index contributed by atoms with van der Waals surface area (Å²) in [6.07, 6.45) is 0.637. The van der Waals surface area contributed by atoms with E-state index in [-0.39, 0.29) is 11.3 Å². The van der Waals surface area contributed by atoms with Crippen LogP contribution in [-0.4, -0.2) is 34.4 Å². The minimum Gasteiger partial charge on any atom is -0.373 e. The highest BCUT2D eigenvalue weighted by atomic mass is 28.4. The lowest BCUT2D eigenvalue weighted by atomic mass is 10.1. The van der Waals surface area contributed by atoms with Crippen molar-refractivity contribution in [2.75, 3.05) is 19.8 Å². The number of carbonyl (C=O) groups is 1. The first-order valence-electron chi connectivity index (χ1n) is 6.60. The zero-order valence-electron chi connectivity index (χ0n) is 12.2. The van der Waals surface area contributed by atoms with Crippen LogP contribution in [0.5, 0.6) is 0 Å². The third-order valence-electron chi connectivity index (χ3n) is 2.61. The number of ketones is 1. The summed E-state index contributed by atoms with van der Waals surface area (Å²) >= 11 is 0. The van der Waals surface area contributed by atoms with E-state index in [0.29, 0.717) is 31.8 Å². The minimum atomic E-state index is -2.96. The third kappa shape index (κ3) is 4.31. The van der Waals surface area contributed by atoms with Gasteiger partial charge in [-0.2, -0.15) is 0 Å². The summed E-state index contributed by atoms with van der Waals surface area (Å²) in [5.74, 6) is -0.0143. The third-order valence-corrected chi connectivity index (χ3v) is 6.21. The molecule has 18 heavy (non-hydrogen) atoms. The van der Waals surface area contributed by atoms with Crippen LogP contribution >= 0.6 is 0 Å². The second-order valence-electron chi connectivity index (χ2n) is 4.01. The quantitative estimate of drug-likeness (QED) is 0.454. The van der Waals surface area contributed by atoms with Crippen LogP contribution in [0.2, 0.25) is 5.54 Å². The van der Waals surface area contributed by atoms with E-state index in [0.717, 1.165) is 0 Å². The Labute approximate surface area is 112 Å². The van der Waals surface area contributed by atoms with Crippen LogP contribution in [0, 0.1) is 0 Å². The highest BCUT2D eigenvalue weighted by Gasteiger charge is 2.51. The molecular formula is C13H26O4Si. The smallest absolute Gasteiger partial charge is 0.373 e. The van der Waals surface area contributed by atoms with Gasteiger partial charge in [-0.3, -0.25) is 4.79 Å². The van der Waals surface area contributed by atoms with Crippen LogP contribution in [0.4, 0.5) is 0 Å². The maximum Gasteiger partial charge on any atom is 0.512 e. The number of hydrogen-bond acceptors (Lipinski definition) is 4. The van der Waals surface area contributed by atoms with Crippen molar-refractivity contribution in [1.29, 1.82) is 0 Å². The van der Waals surface area contributed by atoms with Gasteiger partial charge in [0.15, 0.2) is 5.78 Å². The number of Topliss-reactive ketones (excluding diaryl/α,β-unsaturated/α-hetero) is 1. The van der Waals surface area contributed by atoms with E-state index in [1.807, 2.05) is 27.7 Å². The van der Waals surface area contributed by atoms with Crippen LogP contribution in [0.15, 0.2) is 12.2 Å². The van der Waals surface area contributed by atoms with Crippen molar-refractivity contribution in [3.05, 3.63) is 12.2 Å². The Kier molecular flexibility index (Phi) is 8.35. The van der Waals surface area contributed by atoms with Gasteiger partial charge in [0.25, 0.3) is 0 Å². The van der Waals surface area contributed by atoms with Gasteiger partial charge in [0.2, 0.25) is 0 Å². The van der Waals surface area contributed by atoms with Gasteiger partial charge in [0.05, 0.1) is 5.54 Å². The van der Waals surface area contributed by atoms with E-state index >= 15 is 0 Å². The first-order valence-corrected chi connectivity index (χ1v) is 8.40.